The van der Waals surface area contributed by atoms with E-state index in [0.717, 1.165) is 24.6 Å². The summed E-state index contributed by atoms with van der Waals surface area (Å²) in [6.07, 6.45) is 1.64. The summed E-state index contributed by atoms with van der Waals surface area (Å²) in [5.41, 5.74) is 1.30. The first kappa shape index (κ1) is 14.9. The maximum Gasteiger partial charge on any atom is 0.129 e. The average Bonchev–Trinajstić information content (AvgIpc) is 2.25. The van der Waals surface area contributed by atoms with Crippen molar-refractivity contribution in [2.75, 3.05) is 32.5 Å². The fourth-order valence-corrected chi connectivity index (χ4v) is 2.03. The molecule has 0 saturated carbocycles. The molecule has 0 unspecified atom stereocenters. The molecule has 1 N–H and O–H groups in total. The zero-order chi connectivity index (χ0) is 13.8. The molecule has 102 valence electrons. The summed E-state index contributed by atoms with van der Waals surface area (Å²) < 4.78 is 0. The third-order valence-corrected chi connectivity index (χ3v) is 2.77. The number of anilines is 1. The summed E-state index contributed by atoms with van der Waals surface area (Å²) in [5.74, 6) is 1.35. The molecule has 1 rings (SSSR count). The molecule has 0 aliphatic rings. The van der Waals surface area contributed by atoms with Gasteiger partial charge in [0.05, 0.1) is 0 Å². The molecule has 18 heavy (non-hydrogen) atoms. The molecule has 0 bridgehead atoms. The minimum absolute atomic E-state index is 0.215. The predicted molar refractivity (Wildman–Crippen MR) is 76.9 cm³/mol. The number of hydrogen-bond acceptors (Lipinski definition) is 4. The highest BCUT2D eigenvalue weighted by atomic mass is 15.1. The Morgan fingerprint density at radius 3 is 2.50 bits per heavy atom. The van der Waals surface area contributed by atoms with Gasteiger partial charge in [-0.05, 0) is 25.4 Å². The van der Waals surface area contributed by atoms with Crippen molar-refractivity contribution < 1.29 is 0 Å². The minimum Gasteiger partial charge on any atom is -0.369 e. The van der Waals surface area contributed by atoms with Crippen molar-refractivity contribution in [2.45, 2.75) is 33.6 Å². The molecular formula is C14H26N4. The molecule has 0 fully saturated rings. The lowest BCUT2D eigenvalue weighted by molar-refractivity contribution is 0.254. The Morgan fingerprint density at radius 2 is 1.94 bits per heavy atom. The molecule has 1 aromatic heterocycles. The van der Waals surface area contributed by atoms with Gasteiger partial charge in [0.25, 0.3) is 0 Å². The van der Waals surface area contributed by atoms with Gasteiger partial charge in [0.1, 0.15) is 12.1 Å². The van der Waals surface area contributed by atoms with Gasteiger partial charge in [-0.2, -0.15) is 0 Å². The SMILES string of the molecule is CC(C)c1cc(NCC(C)(C)CN(C)C)ncn1. The highest BCUT2D eigenvalue weighted by Crippen LogP contribution is 2.18. The number of aromatic nitrogens is 2. The first-order valence-corrected chi connectivity index (χ1v) is 6.51. The van der Waals surface area contributed by atoms with E-state index in [1.807, 2.05) is 6.07 Å². The molecule has 0 atom stereocenters. The average molecular weight is 250 g/mol. The fourth-order valence-electron chi connectivity index (χ4n) is 2.03. The monoisotopic (exact) mass is 250 g/mol. The van der Waals surface area contributed by atoms with Gasteiger partial charge in [0, 0.05) is 24.8 Å². The van der Waals surface area contributed by atoms with Crippen LogP contribution in [0.15, 0.2) is 12.4 Å². The van der Waals surface area contributed by atoms with Crippen LogP contribution in [0.3, 0.4) is 0 Å². The Bertz CT molecular complexity index is 372. The maximum absolute atomic E-state index is 4.27. The van der Waals surface area contributed by atoms with Crippen LogP contribution in [0.1, 0.15) is 39.3 Å². The summed E-state index contributed by atoms with van der Waals surface area (Å²) in [7, 11) is 4.20. The van der Waals surface area contributed by atoms with Crippen molar-refractivity contribution in [2.24, 2.45) is 5.41 Å². The van der Waals surface area contributed by atoms with Gasteiger partial charge in [-0.3, -0.25) is 0 Å². The molecule has 4 nitrogen and oxygen atoms in total. The highest BCUT2D eigenvalue weighted by Gasteiger charge is 2.18. The number of hydrogen-bond donors (Lipinski definition) is 1. The zero-order valence-electron chi connectivity index (χ0n) is 12.5. The topological polar surface area (TPSA) is 41.0 Å². The van der Waals surface area contributed by atoms with Crippen LogP contribution in [0.5, 0.6) is 0 Å². The quantitative estimate of drug-likeness (QED) is 0.842. The fraction of sp³-hybridized carbons (Fsp3) is 0.714. The summed E-state index contributed by atoms with van der Waals surface area (Å²) in [5, 5.41) is 3.41. The number of nitrogens with one attached hydrogen (secondary N) is 1. The second-order valence-corrected chi connectivity index (χ2v) is 6.24. The van der Waals surface area contributed by atoms with Gasteiger partial charge in [0.2, 0.25) is 0 Å². The lowest BCUT2D eigenvalue weighted by Gasteiger charge is -2.28. The second-order valence-electron chi connectivity index (χ2n) is 6.24. The summed E-state index contributed by atoms with van der Waals surface area (Å²) in [6.45, 7) is 10.7. The van der Waals surface area contributed by atoms with Crippen LogP contribution in [0.2, 0.25) is 0 Å². The molecule has 0 aliphatic heterocycles. The lowest BCUT2D eigenvalue weighted by atomic mass is 9.93. The molecule has 0 aromatic carbocycles. The van der Waals surface area contributed by atoms with Gasteiger partial charge in [-0.15, -0.1) is 0 Å². The smallest absolute Gasteiger partial charge is 0.129 e. The first-order valence-electron chi connectivity index (χ1n) is 6.51. The van der Waals surface area contributed by atoms with Crippen molar-refractivity contribution in [3.05, 3.63) is 18.1 Å². The van der Waals surface area contributed by atoms with E-state index in [-0.39, 0.29) is 5.41 Å². The Hall–Kier alpha value is -1.16. The van der Waals surface area contributed by atoms with E-state index >= 15 is 0 Å². The number of rotatable bonds is 6. The zero-order valence-corrected chi connectivity index (χ0v) is 12.5. The van der Waals surface area contributed by atoms with Crippen molar-refractivity contribution in [1.82, 2.24) is 14.9 Å². The standard InChI is InChI=1S/C14H26N4/c1-11(2)12-7-13(17-10-16-12)15-8-14(3,4)9-18(5)6/h7,10-11H,8-9H2,1-6H3,(H,15,16,17). The predicted octanol–water partition coefficient (Wildman–Crippen LogP) is 2.60. The van der Waals surface area contributed by atoms with Crippen molar-refractivity contribution in [3.63, 3.8) is 0 Å². The molecular weight excluding hydrogens is 224 g/mol. The van der Waals surface area contributed by atoms with Crippen molar-refractivity contribution in [3.8, 4) is 0 Å². The third-order valence-electron chi connectivity index (χ3n) is 2.77. The van der Waals surface area contributed by atoms with Gasteiger partial charge in [0.15, 0.2) is 0 Å². The maximum atomic E-state index is 4.27. The molecule has 1 heterocycles. The molecule has 1 aromatic rings. The van der Waals surface area contributed by atoms with Crippen LogP contribution in [-0.2, 0) is 0 Å². The molecule has 0 amide bonds. The summed E-state index contributed by atoms with van der Waals surface area (Å²) in [4.78, 5) is 10.8. The Morgan fingerprint density at radius 1 is 1.28 bits per heavy atom. The summed E-state index contributed by atoms with van der Waals surface area (Å²) in [6, 6.07) is 2.04. The molecule has 0 aliphatic carbocycles. The van der Waals surface area contributed by atoms with Gasteiger partial charge in [-0.1, -0.05) is 27.7 Å². The van der Waals surface area contributed by atoms with Crippen molar-refractivity contribution >= 4 is 5.82 Å². The van der Waals surface area contributed by atoms with E-state index in [2.05, 4.69) is 62.0 Å². The van der Waals surface area contributed by atoms with Gasteiger partial charge < -0.3 is 10.2 Å². The summed E-state index contributed by atoms with van der Waals surface area (Å²) >= 11 is 0. The molecule has 4 heteroatoms. The van der Waals surface area contributed by atoms with E-state index < -0.39 is 0 Å². The molecule has 0 saturated heterocycles. The largest absolute Gasteiger partial charge is 0.369 e. The normalized spacial score (nSPS) is 12.2. The van der Waals surface area contributed by atoms with E-state index in [0.29, 0.717) is 5.92 Å². The minimum atomic E-state index is 0.215. The van der Waals surface area contributed by atoms with Gasteiger partial charge >= 0.3 is 0 Å². The molecule has 0 spiro atoms. The van der Waals surface area contributed by atoms with Crippen LogP contribution >= 0.6 is 0 Å². The second kappa shape index (κ2) is 6.14. The first-order chi connectivity index (χ1) is 8.30. The van der Waals surface area contributed by atoms with Crippen LogP contribution in [0.25, 0.3) is 0 Å². The molecule has 0 radical (unpaired) electrons. The van der Waals surface area contributed by atoms with E-state index in [4.69, 9.17) is 0 Å². The van der Waals surface area contributed by atoms with E-state index in [1.165, 1.54) is 0 Å². The van der Waals surface area contributed by atoms with E-state index in [9.17, 15) is 0 Å². The van der Waals surface area contributed by atoms with Crippen molar-refractivity contribution in [1.29, 1.82) is 0 Å². The van der Waals surface area contributed by atoms with E-state index in [1.54, 1.807) is 6.33 Å². The Kier molecular flexibility index (Phi) is 5.08. The van der Waals surface area contributed by atoms with Gasteiger partial charge in [-0.25, -0.2) is 9.97 Å². The highest BCUT2D eigenvalue weighted by molar-refractivity contribution is 5.35. The van der Waals surface area contributed by atoms with Crippen LogP contribution in [0.4, 0.5) is 5.82 Å². The lowest BCUT2D eigenvalue weighted by Crippen LogP contribution is -2.34. The number of nitrogens with zero attached hydrogens (tertiary/aromatic N) is 3. The Balaban J connectivity index is 2.60. The Labute approximate surface area is 111 Å². The van der Waals surface area contributed by atoms with Crippen LogP contribution in [0, 0.1) is 5.41 Å². The van der Waals surface area contributed by atoms with Crippen LogP contribution in [-0.4, -0.2) is 42.1 Å². The third kappa shape index (κ3) is 5.00. The van der Waals surface area contributed by atoms with Crippen LogP contribution < -0.4 is 5.32 Å².